The number of aromatic nitrogens is 1. The number of methoxy groups -OCH3 is 1. The van der Waals surface area contributed by atoms with Crippen molar-refractivity contribution in [3.63, 3.8) is 0 Å². The van der Waals surface area contributed by atoms with Crippen LogP contribution in [0, 0.1) is 5.41 Å². The molecule has 0 saturated heterocycles. The van der Waals surface area contributed by atoms with E-state index in [2.05, 4.69) is 34.5 Å². The summed E-state index contributed by atoms with van der Waals surface area (Å²) in [5.74, 6) is 0.705. The number of rotatable bonds is 7. The Morgan fingerprint density at radius 1 is 1.50 bits per heavy atom. The van der Waals surface area contributed by atoms with Gasteiger partial charge in [0.25, 0.3) is 0 Å². The van der Waals surface area contributed by atoms with Crippen molar-refractivity contribution in [1.29, 1.82) is 0 Å². The molecule has 0 aliphatic heterocycles. The van der Waals surface area contributed by atoms with Crippen molar-refractivity contribution in [3.8, 4) is 0 Å². The predicted octanol–water partition coefficient (Wildman–Crippen LogP) is 1.07. The minimum Gasteiger partial charge on any atom is -0.383 e. The Morgan fingerprint density at radius 3 is 2.90 bits per heavy atom. The van der Waals surface area contributed by atoms with E-state index in [9.17, 15) is 0 Å². The SMILES string of the molecule is COCCNC(=NCC(C)(C)CN)Nc1cccnc1. The monoisotopic (exact) mass is 279 g/mol. The summed E-state index contributed by atoms with van der Waals surface area (Å²) < 4.78 is 5.03. The van der Waals surface area contributed by atoms with Gasteiger partial charge in [-0.3, -0.25) is 9.98 Å². The molecule has 0 radical (unpaired) electrons. The van der Waals surface area contributed by atoms with Crippen LogP contribution in [0.2, 0.25) is 0 Å². The van der Waals surface area contributed by atoms with Crippen LogP contribution in [0.25, 0.3) is 0 Å². The molecule has 0 aromatic carbocycles. The lowest BCUT2D eigenvalue weighted by molar-refractivity contribution is 0.204. The van der Waals surface area contributed by atoms with Crippen molar-refractivity contribution >= 4 is 11.6 Å². The highest BCUT2D eigenvalue weighted by atomic mass is 16.5. The van der Waals surface area contributed by atoms with Crippen LogP contribution in [0.1, 0.15) is 13.8 Å². The minimum atomic E-state index is -0.0230. The molecule has 0 bridgehead atoms. The number of nitrogens with zero attached hydrogens (tertiary/aromatic N) is 2. The van der Waals surface area contributed by atoms with Gasteiger partial charge in [-0.1, -0.05) is 13.8 Å². The van der Waals surface area contributed by atoms with E-state index in [1.165, 1.54) is 0 Å². The van der Waals surface area contributed by atoms with E-state index in [-0.39, 0.29) is 5.41 Å². The topological polar surface area (TPSA) is 84.6 Å². The van der Waals surface area contributed by atoms with E-state index in [4.69, 9.17) is 10.5 Å². The molecule has 6 nitrogen and oxygen atoms in total. The van der Waals surface area contributed by atoms with Crippen molar-refractivity contribution < 1.29 is 4.74 Å². The molecule has 0 unspecified atom stereocenters. The molecule has 0 spiro atoms. The standard InChI is InChI=1S/C14H25N5O/c1-14(2,10-15)11-18-13(17-7-8-20-3)19-12-5-4-6-16-9-12/h4-6,9H,7-8,10-11,15H2,1-3H3,(H2,17,18,19). The molecular formula is C14H25N5O. The average Bonchev–Trinajstić information content (AvgIpc) is 2.46. The predicted molar refractivity (Wildman–Crippen MR) is 82.9 cm³/mol. The minimum absolute atomic E-state index is 0.0230. The lowest BCUT2D eigenvalue weighted by atomic mass is 9.94. The van der Waals surface area contributed by atoms with Gasteiger partial charge in [0.1, 0.15) is 0 Å². The molecular weight excluding hydrogens is 254 g/mol. The summed E-state index contributed by atoms with van der Waals surface area (Å²) in [5.41, 5.74) is 6.59. The zero-order chi connectivity index (χ0) is 14.8. The van der Waals surface area contributed by atoms with Gasteiger partial charge < -0.3 is 21.1 Å². The normalized spacial score (nSPS) is 12.3. The Bertz CT molecular complexity index is 405. The maximum Gasteiger partial charge on any atom is 0.195 e. The molecule has 112 valence electrons. The van der Waals surface area contributed by atoms with Crippen LogP contribution in [0.15, 0.2) is 29.5 Å². The zero-order valence-electron chi connectivity index (χ0n) is 12.5. The fourth-order valence-corrected chi connectivity index (χ4v) is 1.34. The van der Waals surface area contributed by atoms with Crippen LogP contribution in [0.5, 0.6) is 0 Å². The van der Waals surface area contributed by atoms with Gasteiger partial charge in [0, 0.05) is 26.4 Å². The number of anilines is 1. The Labute approximate surface area is 120 Å². The second-order valence-electron chi connectivity index (χ2n) is 5.32. The van der Waals surface area contributed by atoms with Gasteiger partial charge >= 0.3 is 0 Å². The highest BCUT2D eigenvalue weighted by Gasteiger charge is 2.15. The van der Waals surface area contributed by atoms with Gasteiger partial charge in [-0.15, -0.1) is 0 Å². The number of pyridine rings is 1. The smallest absolute Gasteiger partial charge is 0.195 e. The summed E-state index contributed by atoms with van der Waals surface area (Å²) in [5, 5.41) is 6.43. The number of hydrogen-bond donors (Lipinski definition) is 3. The summed E-state index contributed by atoms with van der Waals surface area (Å²) in [6, 6.07) is 3.81. The van der Waals surface area contributed by atoms with Crippen LogP contribution in [0.3, 0.4) is 0 Å². The summed E-state index contributed by atoms with van der Waals surface area (Å²) in [6.45, 7) is 6.72. The lowest BCUT2D eigenvalue weighted by Crippen LogP contribution is -2.35. The number of guanidine groups is 1. The first-order chi connectivity index (χ1) is 9.57. The van der Waals surface area contributed by atoms with Crippen molar-refractivity contribution in [2.45, 2.75) is 13.8 Å². The molecule has 0 aliphatic carbocycles. The largest absolute Gasteiger partial charge is 0.383 e. The third kappa shape index (κ3) is 6.49. The highest BCUT2D eigenvalue weighted by molar-refractivity contribution is 5.93. The van der Waals surface area contributed by atoms with Gasteiger partial charge in [-0.2, -0.15) is 0 Å². The molecule has 20 heavy (non-hydrogen) atoms. The maximum atomic E-state index is 5.73. The molecule has 0 aliphatic rings. The molecule has 1 aromatic heterocycles. The van der Waals surface area contributed by atoms with Crippen molar-refractivity contribution in [2.24, 2.45) is 16.1 Å². The summed E-state index contributed by atoms with van der Waals surface area (Å²) in [6.07, 6.45) is 3.49. The van der Waals surface area contributed by atoms with Gasteiger partial charge in [0.15, 0.2) is 5.96 Å². The zero-order valence-corrected chi connectivity index (χ0v) is 12.5. The number of nitrogens with one attached hydrogen (secondary N) is 2. The fourth-order valence-electron chi connectivity index (χ4n) is 1.34. The first-order valence-corrected chi connectivity index (χ1v) is 6.72. The van der Waals surface area contributed by atoms with Gasteiger partial charge in [-0.25, -0.2) is 0 Å². The number of nitrogens with two attached hydrogens (primary N) is 1. The molecule has 0 saturated carbocycles. The molecule has 4 N–H and O–H groups in total. The summed E-state index contributed by atoms with van der Waals surface area (Å²) in [7, 11) is 1.67. The quantitative estimate of drug-likeness (QED) is 0.395. The maximum absolute atomic E-state index is 5.73. The van der Waals surface area contributed by atoms with E-state index in [1.54, 1.807) is 19.5 Å². The van der Waals surface area contributed by atoms with Crippen molar-refractivity contribution in [2.75, 3.05) is 38.7 Å². The lowest BCUT2D eigenvalue weighted by Gasteiger charge is -2.20. The highest BCUT2D eigenvalue weighted by Crippen LogP contribution is 2.12. The first kappa shape index (κ1) is 16.4. The van der Waals surface area contributed by atoms with E-state index in [0.717, 1.165) is 5.69 Å². The van der Waals surface area contributed by atoms with E-state index >= 15 is 0 Å². The Morgan fingerprint density at radius 2 is 2.30 bits per heavy atom. The van der Waals surface area contributed by atoms with Crippen LogP contribution in [-0.4, -0.2) is 44.3 Å². The summed E-state index contributed by atoms with van der Waals surface area (Å²) in [4.78, 5) is 8.63. The molecule has 1 aromatic rings. The van der Waals surface area contributed by atoms with Crippen LogP contribution in [-0.2, 0) is 4.74 Å². The fraction of sp³-hybridized carbons (Fsp3) is 0.571. The second kappa shape index (κ2) is 8.50. The van der Waals surface area contributed by atoms with E-state index < -0.39 is 0 Å². The van der Waals surface area contributed by atoms with E-state index in [0.29, 0.717) is 32.2 Å². The Hall–Kier alpha value is -1.66. The third-order valence-corrected chi connectivity index (χ3v) is 2.74. The summed E-state index contributed by atoms with van der Waals surface area (Å²) >= 11 is 0. The van der Waals surface area contributed by atoms with Crippen molar-refractivity contribution in [1.82, 2.24) is 10.3 Å². The molecule has 1 heterocycles. The number of ether oxygens (including phenoxy) is 1. The molecule has 0 amide bonds. The Balaban J connectivity index is 2.66. The molecule has 0 atom stereocenters. The molecule has 0 fully saturated rings. The van der Waals surface area contributed by atoms with Crippen LogP contribution < -0.4 is 16.4 Å². The average molecular weight is 279 g/mol. The molecule has 1 rings (SSSR count). The van der Waals surface area contributed by atoms with Crippen LogP contribution >= 0.6 is 0 Å². The van der Waals surface area contributed by atoms with Gasteiger partial charge in [0.2, 0.25) is 0 Å². The van der Waals surface area contributed by atoms with E-state index in [1.807, 2.05) is 12.1 Å². The van der Waals surface area contributed by atoms with Gasteiger partial charge in [-0.05, 0) is 24.1 Å². The van der Waals surface area contributed by atoms with Crippen molar-refractivity contribution in [3.05, 3.63) is 24.5 Å². The van der Waals surface area contributed by atoms with Crippen LogP contribution in [0.4, 0.5) is 5.69 Å². The van der Waals surface area contributed by atoms with Gasteiger partial charge in [0.05, 0.1) is 18.5 Å². The number of aliphatic imine (C=N–C) groups is 1. The number of hydrogen-bond acceptors (Lipinski definition) is 4. The third-order valence-electron chi connectivity index (χ3n) is 2.74. The Kier molecular flexibility index (Phi) is 6.97. The molecule has 6 heteroatoms. The first-order valence-electron chi connectivity index (χ1n) is 6.72. The second-order valence-corrected chi connectivity index (χ2v) is 5.32.